The van der Waals surface area contributed by atoms with Gasteiger partial charge in [-0.25, -0.2) is 0 Å². The van der Waals surface area contributed by atoms with Crippen molar-refractivity contribution in [2.45, 2.75) is 0 Å². The topological polar surface area (TPSA) is 0 Å². The molecular weight excluding hydrogens is 504 g/mol. The summed E-state index contributed by atoms with van der Waals surface area (Å²) < 4.78 is 0. The second-order valence-corrected chi connectivity index (χ2v) is 10.9. The van der Waals surface area contributed by atoms with Gasteiger partial charge in [-0.3, -0.25) is 0 Å². The van der Waals surface area contributed by atoms with Gasteiger partial charge in [0.2, 0.25) is 0 Å². The van der Waals surface area contributed by atoms with Gasteiger partial charge in [-0.2, -0.15) is 0 Å². The van der Waals surface area contributed by atoms with Crippen LogP contribution in [0.2, 0.25) is 0 Å². The zero-order chi connectivity index (χ0) is 27.9. The molecule has 42 heavy (non-hydrogen) atoms. The van der Waals surface area contributed by atoms with Gasteiger partial charge in [0.05, 0.1) is 0 Å². The van der Waals surface area contributed by atoms with Crippen LogP contribution in [0.1, 0.15) is 0 Å². The summed E-state index contributed by atoms with van der Waals surface area (Å²) >= 11 is 0. The molecule has 8 rings (SSSR count). The van der Waals surface area contributed by atoms with Crippen molar-refractivity contribution in [2.75, 3.05) is 0 Å². The van der Waals surface area contributed by atoms with E-state index in [2.05, 4.69) is 170 Å². The zero-order valence-corrected chi connectivity index (χ0v) is 23.2. The lowest BCUT2D eigenvalue weighted by Gasteiger charge is -2.18. The molecule has 0 bridgehead atoms. The molecule has 0 heteroatoms. The fraction of sp³-hybridized carbons (Fsp3) is 0. The van der Waals surface area contributed by atoms with E-state index in [1.807, 2.05) is 0 Å². The molecule has 0 aliphatic rings. The van der Waals surface area contributed by atoms with Gasteiger partial charge >= 0.3 is 0 Å². The number of rotatable bonds is 4. The monoisotopic (exact) mass is 532 g/mol. The minimum atomic E-state index is 1.23. The first-order valence-electron chi connectivity index (χ1n) is 14.5. The summed E-state index contributed by atoms with van der Waals surface area (Å²) in [5.74, 6) is 0. The molecule has 0 fully saturated rings. The van der Waals surface area contributed by atoms with Crippen LogP contribution in [0.5, 0.6) is 0 Å². The van der Waals surface area contributed by atoms with Crippen molar-refractivity contribution >= 4 is 32.3 Å². The van der Waals surface area contributed by atoms with Crippen molar-refractivity contribution in [3.63, 3.8) is 0 Å². The summed E-state index contributed by atoms with van der Waals surface area (Å²) in [6, 6.07) is 61.7. The molecule has 0 aliphatic heterocycles. The van der Waals surface area contributed by atoms with Gasteiger partial charge in [-0.1, -0.05) is 158 Å². The largest absolute Gasteiger partial charge is 0.0622 e. The molecule has 0 saturated carbocycles. The van der Waals surface area contributed by atoms with Crippen LogP contribution >= 0.6 is 0 Å². The van der Waals surface area contributed by atoms with Crippen molar-refractivity contribution in [3.8, 4) is 44.5 Å². The van der Waals surface area contributed by atoms with Crippen molar-refractivity contribution in [1.29, 1.82) is 0 Å². The van der Waals surface area contributed by atoms with Crippen LogP contribution in [0, 0.1) is 0 Å². The molecule has 0 nitrogen and oxygen atoms in total. The summed E-state index contributed by atoms with van der Waals surface area (Å²) in [6.07, 6.45) is 0. The first-order chi connectivity index (χ1) is 20.8. The molecule has 8 aromatic carbocycles. The van der Waals surface area contributed by atoms with Crippen LogP contribution in [0.4, 0.5) is 0 Å². The Hall–Kier alpha value is -5.46. The zero-order valence-electron chi connectivity index (χ0n) is 23.2. The van der Waals surface area contributed by atoms with Gasteiger partial charge in [-0.15, -0.1) is 0 Å². The average molecular weight is 533 g/mol. The van der Waals surface area contributed by atoms with E-state index >= 15 is 0 Å². The molecule has 0 spiro atoms. The lowest BCUT2D eigenvalue weighted by molar-refractivity contribution is 1.61. The molecule has 0 heterocycles. The van der Waals surface area contributed by atoms with Gasteiger partial charge in [0.25, 0.3) is 0 Å². The highest BCUT2D eigenvalue weighted by atomic mass is 14.2. The summed E-state index contributed by atoms with van der Waals surface area (Å²) in [5.41, 5.74) is 9.96. The van der Waals surface area contributed by atoms with Crippen LogP contribution in [-0.2, 0) is 0 Å². The van der Waals surface area contributed by atoms with E-state index in [1.165, 1.54) is 76.8 Å². The molecular formula is C42H28. The van der Waals surface area contributed by atoms with Gasteiger partial charge in [0, 0.05) is 0 Å². The average Bonchev–Trinajstić information content (AvgIpc) is 3.08. The molecule has 196 valence electrons. The maximum absolute atomic E-state index is 2.42. The normalized spacial score (nSPS) is 11.3. The van der Waals surface area contributed by atoms with Crippen molar-refractivity contribution in [3.05, 3.63) is 170 Å². The Bertz CT molecular complexity index is 2200. The van der Waals surface area contributed by atoms with E-state index in [-0.39, 0.29) is 0 Å². The highest BCUT2D eigenvalue weighted by Gasteiger charge is 2.16. The third kappa shape index (κ3) is 4.08. The lowest BCUT2D eigenvalue weighted by atomic mass is 9.85. The van der Waals surface area contributed by atoms with Gasteiger partial charge < -0.3 is 0 Å². The number of fused-ring (bicyclic) bond motifs is 5. The van der Waals surface area contributed by atoms with Crippen molar-refractivity contribution in [2.24, 2.45) is 0 Å². The molecule has 0 atom stereocenters. The van der Waals surface area contributed by atoms with E-state index in [4.69, 9.17) is 0 Å². The maximum Gasteiger partial charge on any atom is -0.00266 e. The smallest absolute Gasteiger partial charge is 0.00266 e. The summed E-state index contributed by atoms with van der Waals surface area (Å²) in [4.78, 5) is 0. The predicted octanol–water partition coefficient (Wildman–Crippen LogP) is 11.8. The Morgan fingerprint density at radius 2 is 0.667 bits per heavy atom. The molecule has 0 unspecified atom stereocenters. The third-order valence-corrected chi connectivity index (χ3v) is 8.47. The van der Waals surface area contributed by atoms with Crippen LogP contribution in [0.3, 0.4) is 0 Å². The minimum Gasteiger partial charge on any atom is -0.0622 e. The van der Waals surface area contributed by atoms with Gasteiger partial charge in [0.1, 0.15) is 0 Å². The highest BCUT2D eigenvalue weighted by Crippen LogP contribution is 2.44. The molecule has 0 amide bonds. The number of benzene rings is 8. The second-order valence-electron chi connectivity index (χ2n) is 10.9. The lowest BCUT2D eigenvalue weighted by Crippen LogP contribution is -1.91. The molecule has 0 aliphatic carbocycles. The third-order valence-electron chi connectivity index (χ3n) is 8.47. The molecule has 0 aromatic heterocycles. The summed E-state index contributed by atoms with van der Waals surface area (Å²) in [7, 11) is 0. The van der Waals surface area contributed by atoms with Crippen LogP contribution < -0.4 is 0 Å². The Morgan fingerprint density at radius 3 is 1.31 bits per heavy atom. The molecule has 8 aromatic rings. The van der Waals surface area contributed by atoms with E-state index in [1.54, 1.807) is 0 Å². The predicted molar refractivity (Wildman–Crippen MR) is 181 cm³/mol. The number of hydrogen-bond acceptors (Lipinski definition) is 0. The first kappa shape index (κ1) is 24.3. The number of hydrogen-bond donors (Lipinski definition) is 0. The fourth-order valence-electron chi connectivity index (χ4n) is 6.48. The van der Waals surface area contributed by atoms with E-state index < -0.39 is 0 Å². The summed E-state index contributed by atoms with van der Waals surface area (Å²) in [6.45, 7) is 0. The summed E-state index contributed by atoms with van der Waals surface area (Å²) in [5, 5.41) is 7.66. The van der Waals surface area contributed by atoms with Gasteiger partial charge in [-0.05, 0) is 89.0 Å². The van der Waals surface area contributed by atoms with Crippen LogP contribution in [-0.4, -0.2) is 0 Å². The molecule has 0 radical (unpaired) electrons. The fourth-order valence-corrected chi connectivity index (χ4v) is 6.48. The Kier molecular flexibility index (Phi) is 5.90. The van der Waals surface area contributed by atoms with E-state index in [9.17, 15) is 0 Å². The molecule has 0 N–H and O–H groups in total. The van der Waals surface area contributed by atoms with Crippen molar-refractivity contribution in [1.82, 2.24) is 0 Å². The van der Waals surface area contributed by atoms with Crippen molar-refractivity contribution < 1.29 is 0 Å². The van der Waals surface area contributed by atoms with Crippen LogP contribution in [0.15, 0.2) is 170 Å². The second kappa shape index (κ2) is 10.2. The van der Waals surface area contributed by atoms with E-state index in [0.717, 1.165) is 0 Å². The first-order valence-corrected chi connectivity index (χ1v) is 14.5. The SMILES string of the molecule is c1ccc(-c2ccc3c(c2)c(-c2ccccc2)cc2c4ccc(-c5ccccc5)c(-c5ccccc5)c4ccc32)cc1. The standard InChI is InChI=1S/C42H28/c1-5-13-29(14-6-1)33-21-22-35-36-25-26-38-37(41(36)28-39(40(35)27-33)31-17-9-3-10-18-31)24-23-34(30-15-7-2-8-16-30)42(38)32-19-11-4-12-20-32/h1-28H. The quantitative estimate of drug-likeness (QED) is 0.198. The molecule has 0 saturated heterocycles. The minimum absolute atomic E-state index is 1.23. The maximum atomic E-state index is 2.42. The Morgan fingerprint density at radius 1 is 0.214 bits per heavy atom. The van der Waals surface area contributed by atoms with E-state index in [0.29, 0.717) is 0 Å². The highest BCUT2D eigenvalue weighted by molar-refractivity contribution is 6.23. The van der Waals surface area contributed by atoms with Gasteiger partial charge in [0.15, 0.2) is 0 Å². The Labute approximate surface area is 246 Å². The Balaban J connectivity index is 1.48. The van der Waals surface area contributed by atoms with Crippen LogP contribution in [0.25, 0.3) is 76.8 Å².